The topological polar surface area (TPSA) is 55.8 Å². The van der Waals surface area contributed by atoms with Crippen molar-refractivity contribution in [3.63, 3.8) is 0 Å². The zero-order valence-corrected chi connectivity index (χ0v) is 23.8. The van der Waals surface area contributed by atoms with Crippen molar-refractivity contribution in [2.24, 2.45) is 0 Å². The molecule has 230 valence electrons. The van der Waals surface area contributed by atoms with Gasteiger partial charge in [-0.15, -0.1) is 0 Å². The van der Waals surface area contributed by atoms with E-state index >= 15 is 0 Å². The molecule has 1 unspecified atom stereocenters. The smallest absolute Gasteiger partial charge is 0.416 e. The summed E-state index contributed by atoms with van der Waals surface area (Å²) in [5.41, 5.74) is 1.39. The monoisotopic (exact) mass is 622 g/mol. The van der Waals surface area contributed by atoms with Gasteiger partial charge in [0.1, 0.15) is 18.1 Å². The molecular formula is C35H24F6O4. The molecule has 0 saturated heterocycles. The van der Waals surface area contributed by atoms with Crippen molar-refractivity contribution in [3.05, 3.63) is 129 Å². The van der Waals surface area contributed by atoms with Crippen LogP contribution in [-0.4, -0.2) is 17.2 Å². The molecule has 4 aromatic rings. The maximum atomic E-state index is 12.9. The van der Waals surface area contributed by atoms with E-state index in [0.717, 1.165) is 24.3 Å². The van der Waals surface area contributed by atoms with Gasteiger partial charge in [-0.3, -0.25) is 0 Å². The molecule has 0 radical (unpaired) electrons. The molecule has 4 nitrogen and oxygen atoms in total. The highest BCUT2D eigenvalue weighted by Gasteiger charge is 2.30. The normalized spacial score (nSPS) is 11.8. The van der Waals surface area contributed by atoms with Gasteiger partial charge in [0.25, 0.3) is 0 Å². The van der Waals surface area contributed by atoms with Crippen molar-refractivity contribution in [2.75, 3.05) is 0 Å². The summed E-state index contributed by atoms with van der Waals surface area (Å²) in [5.74, 6) is 11.3. The molecule has 45 heavy (non-hydrogen) atoms. The summed E-state index contributed by atoms with van der Waals surface area (Å²) in [6, 6.07) is 18.8. The number of rotatable bonds is 6. The molecule has 0 saturated carbocycles. The molecule has 0 heterocycles. The molecule has 4 aromatic carbocycles. The van der Waals surface area contributed by atoms with Gasteiger partial charge in [-0.05, 0) is 110 Å². The molecular weight excluding hydrogens is 598 g/mol. The number of hydrogen-bond donors (Lipinski definition) is 1. The third-order valence-electron chi connectivity index (χ3n) is 6.32. The maximum Gasteiger partial charge on any atom is 0.416 e. The lowest BCUT2D eigenvalue weighted by Gasteiger charge is -2.14. The Morgan fingerprint density at radius 2 is 1.18 bits per heavy atom. The van der Waals surface area contributed by atoms with E-state index in [9.17, 15) is 31.1 Å². The first-order valence-corrected chi connectivity index (χ1v) is 13.3. The molecule has 4 rings (SSSR count). The molecule has 0 bridgehead atoms. The van der Waals surface area contributed by atoms with Gasteiger partial charge >= 0.3 is 18.3 Å². The lowest BCUT2D eigenvalue weighted by Crippen LogP contribution is -2.23. The highest BCUT2D eigenvalue weighted by Crippen LogP contribution is 2.30. The second-order valence-electron chi connectivity index (χ2n) is 9.88. The Morgan fingerprint density at radius 1 is 0.711 bits per heavy atom. The molecule has 0 aliphatic rings. The van der Waals surface area contributed by atoms with Crippen molar-refractivity contribution < 1.29 is 45.7 Å². The average Bonchev–Trinajstić information content (AvgIpc) is 2.98. The highest BCUT2D eigenvalue weighted by molar-refractivity contribution is 5.72. The van der Waals surface area contributed by atoms with Crippen molar-refractivity contribution in [3.8, 4) is 35.2 Å². The first-order valence-electron chi connectivity index (χ1n) is 13.3. The minimum atomic E-state index is -4.47. The Labute approximate surface area is 255 Å². The fourth-order valence-electron chi connectivity index (χ4n) is 3.94. The Balaban J connectivity index is 1.60. The van der Waals surface area contributed by atoms with E-state index in [-0.39, 0.29) is 6.61 Å². The van der Waals surface area contributed by atoms with Crippen LogP contribution in [-0.2, 0) is 23.8 Å². The van der Waals surface area contributed by atoms with Crippen LogP contribution in [0.4, 0.5) is 26.3 Å². The Hall–Kier alpha value is -5.35. The number of aliphatic carboxylic acids is 1. The first-order chi connectivity index (χ1) is 21.2. The van der Waals surface area contributed by atoms with E-state index < -0.39 is 35.6 Å². The molecule has 0 aliphatic heterocycles. The number of ether oxygens (including phenoxy) is 2. The van der Waals surface area contributed by atoms with Crippen LogP contribution in [0.25, 0.3) is 0 Å². The summed E-state index contributed by atoms with van der Waals surface area (Å²) in [6.07, 6.45) is -9.98. The SMILES string of the molecule is Cc1cc(OCc2cc(C#Cc3ccc(C(F)(F)F)cc3)cc(C#Cc3ccc(C(F)(F)F)cc3)c2)ccc1OC(C)C(=O)O. The van der Waals surface area contributed by atoms with Crippen LogP contribution in [0.3, 0.4) is 0 Å². The first kappa shape index (κ1) is 32.6. The number of carboxylic acids is 1. The van der Waals surface area contributed by atoms with Crippen molar-refractivity contribution in [2.45, 2.75) is 38.9 Å². The van der Waals surface area contributed by atoms with Crippen LogP contribution in [0.15, 0.2) is 84.9 Å². The number of carboxylic acid groups (broad SMARTS) is 1. The van der Waals surface area contributed by atoms with Gasteiger partial charge in [0, 0.05) is 22.3 Å². The number of benzene rings is 4. The number of halogens is 6. The summed E-state index contributed by atoms with van der Waals surface area (Å²) >= 11 is 0. The predicted molar refractivity (Wildman–Crippen MR) is 155 cm³/mol. The van der Waals surface area contributed by atoms with Gasteiger partial charge in [0.2, 0.25) is 0 Å². The van der Waals surface area contributed by atoms with Crippen molar-refractivity contribution in [1.29, 1.82) is 0 Å². The fourth-order valence-corrected chi connectivity index (χ4v) is 3.94. The van der Waals surface area contributed by atoms with Gasteiger partial charge in [0.15, 0.2) is 6.10 Å². The van der Waals surface area contributed by atoms with E-state index in [0.29, 0.717) is 44.9 Å². The number of aryl methyl sites for hydroxylation is 1. The largest absolute Gasteiger partial charge is 0.489 e. The van der Waals surface area contributed by atoms with Crippen molar-refractivity contribution >= 4 is 5.97 Å². The van der Waals surface area contributed by atoms with E-state index in [2.05, 4.69) is 23.7 Å². The van der Waals surface area contributed by atoms with Gasteiger partial charge in [-0.1, -0.05) is 23.7 Å². The minimum absolute atomic E-state index is 0.0654. The zero-order valence-electron chi connectivity index (χ0n) is 23.8. The van der Waals surface area contributed by atoms with Crippen LogP contribution in [0, 0.1) is 30.6 Å². The number of alkyl halides is 6. The third kappa shape index (κ3) is 9.32. The van der Waals surface area contributed by atoms with Crippen LogP contribution < -0.4 is 9.47 Å². The van der Waals surface area contributed by atoms with Crippen LogP contribution in [0.2, 0.25) is 0 Å². The van der Waals surface area contributed by atoms with E-state index in [1.807, 2.05) is 0 Å². The summed E-state index contributed by atoms with van der Waals surface area (Å²) in [6.45, 7) is 3.22. The Morgan fingerprint density at radius 3 is 1.60 bits per heavy atom. The summed E-state index contributed by atoms with van der Waals surface area (Å²) < 4.78 is 88.8. The summed E-state index contributed by atoms with van der Waals surface area (Å²) in [7, 11) is 0. The molecule has 0 aliphatic carbocycles. The number of hydrogen-bond acceptors (Lipinski definition) is 3. The minimum Gasteiger partial charge on any atom is -0.489 e. The Kier molecular flexibility index (Phi) is 9.79. The van der Waals surface area contributed by atoms with Gasteiger partial charge in [-0.25, -0.2) is 4.79 Å². The number of carbonyl (C=O) groups is 1. The molecule has 10 heteroatoms. The highest BCUT2D eigenvalue weighted by atomic mass is 19.4. The average molecular weight is 623 g/mol. The van der Waals surface area contributed by atoms with Gasteiger partial charge < -0.3 is 14.6 Å². The molecule has 0 spiro atoms. The van der Waals surface area contributed by atoms with Gasteiger partial charge in [-0.2, -0.15) is 26.3 Å². The molecule has 0 fully saturated rings. The molecule has 1 N–H and O–H groups in total. The second-order valence-corrected chi connectivity index (χ2v) is 9.88. The molecule has 0 aromatic heterocycles. The summed E-state index contributed by atoms with van der Waals surface area (Å²) in [4.78, 5) is 11.1. The zero-order chi connectivity index (χ0) is 32.8. The standard InChI is InChI=1S/C35H24F6O4/c1-22-17-31(15-16-32(22)45-23(2)33(42)43)44-21-28-19-26(5-3-24-7-11-29(12-8-24)34(36,37)38)18-27(20-28)6-4-25-9-13-30(14-10-25)35(39,40)41/h7-20,23H,21H2,1-2H3,(H,42,43). The summed E-state index contributed by atoms with van der Waals surface area (Å²) in [5, 5.41) is 9.08. The van der Waals surface area contributed by atoms with E-state index in [1.54, 1.807) is 43.3 Å². The lowest BCUT2D eigenvalue weighted by atomic mass is 10.0. The van der Waals surface area contributed by atoms with E-state index in [4.69, 9.17) is 14.6 Å². The maximum absolute atomic E-state index is 12.9. The Bertz CT molecular complexity index is 1710. The quantitative estimate of drug-likeness (QED) is 0.174. The van der Waals surface area contributed by atoms with Crippen LogP contribution in [0.1, 0.15) is 51.4 Å². The molecule has 1 atom stereocenters. The van der Waals surface area contributed by atoms with Crippen LogP contribution >= 0.6 is 0 Å². The second kappa shape index (κ2) is 13.5. The molecule has 0 amide bonds. The lowest BCUT2D eigenvalue weighted by molar-refractivity contribution is -0.144. The van der Waals surface area contributed by atoms with Gasteiger partial charge in [0.05, 0.1) is 11.1 Å². The van der Waals surface area contributed by atoms with E-state index in [1.165, 1.54) is 31.2 Å². The fraction of sp³-hybridized carbons (Fsp3) is 0.171. The van der Waals surface area contributed by atoms with Crippen molar-refractivity contribution in [1.82, 2.24) is 0 Å². The predicted octanol–water partition coefficient (Wildman–Crippen LogP) is 8.26. The van der Waals surface area contributed by atoms with Crippen LogP contribution in [0.5, 0.6) is 11.5 Å². The third-order valence-corrected chi connectivity index (χ3v) is 6.32.